The van der Waals surface area contributed by atoms with Gasteiger partial charge in [0.2, 0.25) is 0 Å². The van der Waals surface area contributed by atoms with Gasteiger partial charge in [-0.3, -0.25) is 0 Å². The van der Waals surface area contributed by atoms with E-state index in [1.165, 1.54) is 6.92 Å². The van der Waals surface area contributed by atoms with Crippen LogP contribution in [0.1, 0.15) is 12.5 Å². The van der Waals surface area contributed by atoms with E-state index in [1.807, 2.05) is 6.07 Å². The summed E-state index contributed by atoms with van der Waals surface area (Å²) in [7, 11) is 0. The van der Waals surface area contributed by atoms with Crippen LogP contribution in [0.3, 0.4) is 0 Å². The minimum atomic E-state index is -0.867. The van der Waals surface area contributed by atoms with E-state index in [-0.39, 0.29) is 0 Å². The smallest absolute Gasteiger partial charge is 0.115 e. The second-order valence-electron chi connectivity index (χ2n) is 2.49. The molecule has 1 aromatic rings. The first-order valence-corrected chi connectivity index (χ1v) is 3.42. The number of aromatic nitrogens is 1. The van der Waals surface area contributed by atoms with Crippen LogP contribution < -0.4 is 0 Å². The average Bonchev–Trinajstić information content (AvgIpc) is 2.34. The third kappa shape index (κ3) is 2.08. The molecule has 0 aliphatic heterocycles. The number of rotatable bonds is 2. The lowest BCUT2D eigenvalue weighted by Gasteiger charge is -2.01. The quantitative estimate of drug-likeness (QED) is 0.634. The van der Waals surface area contributed by atoms with Crippen LogP contribution in [0.4, 0.5) is 4.39 Å². The molecular weight excluding hydrogens is 143 g/mol. The van der Waals surface area contributed by atoms with Gasteiger partial charge in [-0.05, 0) is 13.0 Å². The maximum atomic E-state index is 12.4. The van der Waals surface area contributed by atoms with Crippen molar-refractivity contribution in [3.8, 4) is 6.07 Å². The van der Waals surface area contributed by atoms with Crippen molar-refractivity contribution in [1.82, 2.24) is 4.57 Å². The van der Waals surface area contributed by atoms with E-state index in [0.29, 0.717) is 12.1 Å². The molecule has 1 unspecified atom stereocenters. The van der Waals surface area contributed by atoms with E-state index in [1.54, 1.807) is 23.0 Å². The molecule has 1 heterocycles. The van der Waals surface area contributed by atoms with Crippen molar-refractivity contribution in [1.29, 1.82) is 5.26 Å². The fourth-order valence-corrected chi connectivity index (χ4v) is 0.911. The molecule has 0 amide bonds. The van der Waals surface area contributed by atoms with Crippen molar-refractivity contribution >= 4 is 0 Å². The van der Waals surface area contributed by atoms with E-state index < -0.39 is 6.17 Å². The standard InChI is InChI=1S/C8H9FN2/c1-7(9)5-11-3-2-8(4-10)6-11/h2-3,6-7H,5H2,1H3. The summed E-state index contributed by atoms with van der Waals surface area (Å²) in [5.74, 6) is 0. The van der Waals surface area contributed by atoms with Crippen molar-refractivity contribution in [2.75, 3.05) is 0 Å². The molecule has 0 aliphatic carbocycles. The molecule has 1 atom stereocenters. The summed E-state index contributed by atoms with van der Waals surface area (Å²) >= 11 is 0. The molecule has 0 aromatic carbocycles. The normalized spacial score (nSPS) is 12.5. The molecule has 0 saturated carbocycles. The highest BCUT2D eigenvalue weighted by molar-refractivity contribution is 5.25. The van der Waals surface area contributed by atoms with Gasteiger partial charge in [-0.1, -0.05) is 0 Å². The van der Waals surface area contributed by atoms with E-state index >= 15 is 0 Å². The predicted molar refractivity (Wildman–Crippen MR) is 39.7 cm³/mol. The topological polar surface area (TPSA) is 28.7 Å². The van der Waals surface area contributed by atoms with E-state index in [4.69, 9.17) is 5.26 Å². The third-order valence-corrected chi connectivity index (χ3v) is 1.34. The van der Waals surface area contributed by atoms with E-state index in [0.717, 1.165) is 0 Å². The van der Waals surface area contributed by atoms with Crippen LogP contribution in [0.2, 0.25) is 0 Å². The number of hydrogen-bond acceptors (Lipinski definition) is 1. The highest BCUT2D eigenvalue weighted by Crippen LogP contribution is 2.01. The monoisotopic (exact) mass is 152 g/mol. The molecule has 1 aromatic heterocycles. The van der Waals surface area contributed by atoms with Crippen molar-refractivity contribution in [3.63, 3.8) is 0 Å². The maximum Gasteiger partial charge on any atom is 0.115 e. The number of halogens is 1. The molecular formula is C8H9FN2. The highest BCUT2D eigenvalue weighted by atomic mass is 19.1. The van der Waals surface area contributed by atoms with Crippen molar-refractivity contribution in [3.05, 3.63) is 24.0 Å². The molecule has 0 radical (unpaired) electrons. The Morgan fingerprint density at radius 3 is 3.00 bits per heavy atom. The first kappa shape index (κ1) is 7.80. The van der Waals surface area contributed by atoms with Gasteiger partial charge in [-0.15, -0.1) is 0 Å². The van der Waals surface area contributed by atoms with Gasteiger partial charge in [0, 0.05) is 12.4 Å². The van der Waals surface area contributed by atoms with Crippen LogP contribution in [0, 0.1) is 11.3 Å². The number of hydrogen-bond donors (Lipinski definition) is 0. The minimum Gasteiger partial charge on any atom is -0.350 e. The van der Waals surface area contributed by atoms with Crippen LogP contribution in [-0.4, -0.2) is 10.7 Å². The summed E-state index contributed by atoms with van der Waals surface area (Å²) < 4.78 is 14.1. The summed E-state index contributed by atoms with van der Waals surface area (Å²) in [6.07, 6.45) is 2.47. The van der Waals surface area contributed by atoms with Gasteiger partial charge in [0.15, 0.2) is 0 Å². The Balaban J connectivity index is 2.67. The summed E-state index contributed by atoms with van der Waals surface area (Å²) in [5.41, 5.74) is 0.575. The molecule has 1 rings (SSSR count). The maximum absolute atomic E-state index is 12.4. The van der Waals surface area contributed by atoms with Crippen LogP contribution in [-0.2, 0) is 6.54 Å². The molecule has 58 valence electrons. The average molecular weight is 152 g/mol. The Bertz CT molecular complexity index is 270. The van der Waals surface area contributed by atoms with Crippen LogP contribution >= 0.6 is 0 Å². The van der Waals surface area contributed by atoms with Crippen molar-refractivity contribution in [2.24, 2.45) is 0 Å². The fourth-order valence-electron chi connectivity index (χ4n) is 0.911. The SMILES string of the molecule is CC(F)Cn1ccc(C#N)c1. The van der Waals surface area contributed by atoms with Crippen molar-refractivity contribution in [2.45, 2.75) is 19.6 Å². The summed E-state index contributed by atoms with van der Waals surface area (Å²) in [5, 5.41) is 8.43. The molecule has 0 fully saturated rings. The van der Waals surface area contributed by atoms with Crippen LogP contribution in [0.25, 0.3) is 0 Å². The van der Waals surface area contributed by atoms with E-state index in [9.17, 15) is 4.39 Å². The Morgan fingerprint density at radius 2 is 2.55 bits per heavy atom. The first-order valence-electron chi connectivity index (χ1n) is 3.42. The first-order chi connectivity index (χ1) is 5.22. The molecule has 0 saturated heterocycles. The van der Waals surface area contributed by atoms with Crippen LogP contribution in [0.15, 0.2) is 18.5 Å². The number of alkyl halides is 1. The molecule has 3 heteroatoms. The molecule has 2 nitrogen and oxygen atoms in total. The second-order valence-corrected chi connectivity index (χ2v) is 2.49. The number of nitriles is 1. The zero-order chi connectivity index (χ0) is 8.27. The largest absolute Gasteiger partial charge is 0.350 e. The van der Waals surface area contributed by atoms with Gasteiger partial charge in [0.05, 0.1) is 12.1 Å². The molecule has 0 aliphatic rings. The highest BCUT2D eigenvalue weighted by Gasteiger charge is 1.99. The van der Waals surface area contributed by atoms with Gasteiger partial charge in [0.1, 0.15) is 12.2 Å². The van der Waals surface area contributed by atoms with Gasteiger partial charge in [0.25, 0.3) is 0 Å². The second kappa shape index (κ2) is 3.20. The predicted octanol–water partition coefficient (Wildman–Crippen LogP) is 1.72. The van der Waals surface area contributed by atoms with Gasteiger partial charge in [-0.2, -0.15) is 5.26 Å². The molecule has 0 N–H and O–H groups in total. The summed E-state index contributed by atoms with van der Waals surface area (Å²) in [6.45, 7) is 1.81. The Hall–Kier alpha value is -1.30. The third-order valence-electron chi connectivity index (χ3n) is 1.34. The molecule has 0 spiro atoms. The Labute approximate surface area is 64.9 Å². The van der Waals surface area contributed by atoms with E-state index in [2.05, 4.69) is 0 Å². The fraction of sp³-hybridized carbons (Fsp3) is 0.375. The van der Waals surface area contributed by atoms with Gasteiger partial charge >= 0.3 is 0 Å². The number of nitrogens with zero attached hydrogens (tertiary/aromatic N) is 2. The Morgan fingerprint density at radius 1 is 1.82 bits per heavy atom. The summed E-state index contributed by atoms with van der Waals surface area (Å²) in [6, 6.07) is 3.65. The lowest BCUT2D eigenvalue weighted by atomic mass is 10.4. The Kier molecular flexibility index (Phi) is 2.27. The van der Waals surface area contributed by atoms with Crippen LogP contribution in [0.5, 0.6) is 0 Å². The lowest BCUT2D eigenvalue weighted by Crippen LogP contribution is -2.04. The minimum absolute atomic E-state index is 0.321. The lowest BCUT2D eigenvalue weighted by molar-refractivity contribution is 0.321. The zero-order valence-electron chi connectivity index (χ0n) is 6.29. The zero-order valence-corrected chi connectivity index (χ0v) is 6.29. The molecule has 11 heavy (non-hydrogen) atoms. The van der Waals surface area contributed by atoms with Gasteiger partial charge in [-0.25, -0.2) is 4.39 Å². The van der Waals surface area contributed by atoms with Crippen molar-refractivity contribution < 1.29 is 4.39 Å². The summed E-state index contributed by atoms with van der Waals surface area (Å²) in [4.78, 5) is 0. The molecule has 0 bridgehead atoms. The van der Waals surface area contributed by atoms with Gasteiger partial charge < -0.3 is 4.57 Å².